The molecule has 2 rings (SSSR count). The first-order valence-electron chi connectivity index (χ1n) is 6.73. The van der Waals surface area contributed by atoms with Crippen LogP contribution in [0.2, 0.25) is 0 Å². The summed E-state index contributed by atoms with van der Waals surface area (Å²) in [5.41, 5.74) is 1.40. The number of rotatable bonds is 2. The van der Waals surface area contributed by atoms with Gasteiger partial charge in [0.15, 0.2) is 0 Å². The van der Waals surface area contributed by atoms with Gasteiger partial charge in [0.05, 0.1) is 5.69 Å². The molecule has 1 aromatic rings. The molecule has 1 fully saturated rings. The van der Waals surface area contributed by atoms with Gasteiger partial charge in [-0.15, -0.1) is 0 Å². The van der Waals surface area contributed by atoms with E-state index in [1.165, 1.54) is 6.07 Å². The second-order valence-corrected chi connectivity index (χ2v) is 6.33. The molecule has 0 atom stereocenters. The van der Waals surface area contributed by atoms with Gasteiger partial charge in [-0.1, -0.05) is 6.07 Å². The van der Waals surface area contributed by atoms with E-state index in [1.54, 1.807) is 13.0 Å². The fraction of sp³-hybridized carbons (Fsp3) is 0.538. The number of nitrogens with zero attached hydrogens (tertiary/aromatic N) is 1. The summed E-state index contributed by atoms with van der Waals surface area (Å²) in [4.78, 5) is 1.97. The highest BCUT2D eigenvalue weighted by atomic mass is 32.2. The van der Waals surface area contributed by atoms with E-state index in [0.29, 0.717) is 5.69 Å². The minimum Gasteiger partial charge on any atom is -0.848 e. The van der Waals surface area contributed by atoms with E-state index in [2.05, 4.69) is 5.32 Å². The van der Waals surface area contributed by atoms with Crippen LogP contribution in [-0.2, 0) is 10.1 Å². The zero-order chi connectivity index (χ0) is 17.7. The Morgan fingerprint density at radius 2 is 1.83 bits per heavy atom. The molecule has 10 heteroatoms. The lowest BCUT2D eigenvalue weighted by atomic mass is 10.2. The van der Waals surface area contributed by atoms with Crippen LogP contribution in [0.1, 0.15) is 5.56 Å². The maximum absolute atomic E-state index is 11.4. The number of hydrogen-bond acceptors (Lipinski definition) is 5. The van der Waals surface area contributed by atoms with Gasteiger partial charge in [-0.05, 0) is 31.2 Å². The van der Waals surface area contributed by atoms with Gasteiger partial charge < -0.3 is 15.3 Å². The Morgan fingerprint density at radius 3 is 2.26 bits per heavy atom. The maximum Gasteiger partial charge on any atom is 0.374 e. The Labute approximate surface area is 132 Å². The van der Waals surface area contributed by atoms with E-state index in [9.17, 15) is 26.1 Å². The lowest BCUT2D eigenvalue weighted by molar-refractivity contribution is -0.426. The molecular formula is C13H18F3N2O4S-. The Hall–Kier alpha value is -1.36. The predicted octanol–water partition coefficient (Wildman–Crippen LogP) is 0.560. The van der Waals surface area contributed by atoms with Crippen molar-refractivity contribution in [2.24, 2.45) is 0 Å². The SMILES string of the molecule is Cc1ccc(N2CCNCC2)c(S(=O)(=O)O)c1.[O-]CC(F)(F)F. The first kappa shape index (κ1) is 19.7. The molecule has 132 valence electrons. The van der Waals surface area contributed by atoms with E-state index < -0.39 is 22.9 Å². The fourth-order valence-electron chi connectivity index (χ4n) is 1.99. The third-order valence-corrected chi connectivity index (χ3v) is 3.90. The van der Waals surface area contributed by atoms with Gasteiger partial charge in [-0.2, -0.15) is 21.6 Å². The molecule has 1 saturated heterocycles. The molecule has 0 saturated carbocycles. The van der Waals surface area contributed by atoms with Crippen LogP contribution in [0.15, 0.2) is 23.1 Å². The Balaban J connectivity index is 0.000000379. The van der Waals surface area contributed by atoms with Gasteiger partial charge in [0.25, 0.3) is 10.1 Å². The van der Waals surface area contributed by atoms with Crippen molar-refractivity contribution in [3.8, 4) is 0 Å². The van der Waals surface area contributed by atoms with Crippen molar-refractivity contribution in [3.63, 3.8) is 0 Å². The van der Waals surface area contributed by atoms with E-state index in [1.807, 2.05) is 11.0 Å². The van der Waals surface area contributed by atoms with Crippen LogP contribution in [0.5, 0.6) is 0 Å². The van der Waals surface area contributed by atoms with Crippen LogP contribution in [0.3, 0.4) is 0 Å². The number of nitrogens with one attached hydrogen (secondary N) is 1. The quantitative estimate of drug-likeness (QED) is 0.753. The largest absolute Gasteiger partial charge is 0.848 e. The van der Waals surface area contributed by atoms with Gasteiger partial charge in [-0.25, -0.2) is 0 Å². The smallest absolute Gasteiger partial charge is 0.374 e. The highest BCUT2D eigenvalue weighted by molar-refractivity contribution is 7.86. The minimum atomic E-state index is -4.51. The summed E-state index contributed by atoms with van der Waals surface area (Å²) in [6, 6.07) is 5.11. The van der Waals surface area contributed by atoms with E-state index in [0.717, 1.165) is 31.7 Å². The molecule has 0 amide bonds. The lowest BCUT2D eigenvalue weighted by Gasteiger charge is -2.30. The van der Waals surface area contributed by atoms with Gasteiger partial charge >= 0.3 is 6.18 Å². The van der Waals surface area contributed by atoms with Crippen LogP contribution in [0.25, 0.3) is 0 Å². The zero-order valence-electron chi connectivity index (χ0n) is 12.4. The topological polar surface area (TPSA) is 92.7 Å². The molecule has 1 aromatic carbocycles. The normalized spacial score (nSPS) is 15.8. The predicted molar refractivity (Wildman–Crippen MR) is 77.0 cm³/mol. The van der Waals surface area contributed by atoms with Crippen molar-refractivity contribution in [2.45, 2.75) is 18.0 Å². The maximum atomic E-state index is 11.4. The van der Waals surface area contributed by atoms with Crippen LogP contribution in [-0.4, -0.2) is 51.9 Å². The number of anilines is 1. The fourth-order valence-corrected chi connectivity index (χ4v) is 2.79. The van der Waals surface area contributed by atoms with Crippen molar-refractivity contribution in [1.29, 1.82) is 0 Å². The number of hydrogen-bond donors (Lipinski definition) is 2. The molecule has 23 heavy (non-hydrogen) atoms. The van der Waals surface area contributed by atoms with Crippen molar-refractivity contribution in [3.05, 3.63) is 23.8 Å². The van der Waals surface area contributed by atoms with Gasteiger partial charge in [0.1, 0.15) is 4.90 Å². The second kappa shape index (κ2) is 7.95. The van der Waals surface area contributed by atoms with E-state index in [4.69, 9.17) is 5.11 Å². The molecular weight excluding hydrogens is 337 g/mol. The average molecular weight is 355 g/mol. The van der Waals surface area contributed by atoms with Crippen molar-refractivity contribution in [2.75, 3.05) is 37.7 Å². The highest BCUT2D eigenvalue weighted by Crippen LogP contribution is 2.26. The first-order valence-corrected chi connectivity index (χ1v) is 8.17. The minimum absolute atomic E-state index is 0.000556. The Morgan fingerprint density at radius 1 is 1.30 bits per heavy atom. The number of benzene rings is 1. The summed E-state index contributed by atoms with van der Waals surface area (Å²) in [7, 11) is -4.17. The monoisotopic (exact) mass is 355 g/mol. The highest BCUT2D eigenvalue weighted by Gasteiger charge is 2.21. The average Bonchev–Trinajstić information content (AvgIpc) is 2.47. The summed E-state index contributed by atoms with van der Waals surface area (Å²) in [5.74, 6) is 0. The molecule has 0 aliphatic carbocycles. The van der Waals surface area contributed by atoms with Crippen molar-refractivity contribution >= 4 is 15.8 Å². The van der Waals surface area contributed by atoms with Crippen molar-refractivity contribution in [1.82, 2.24) is 5.32 Å². The van der Waals surface area contributed by atoms with Crippen LogP contribution < -0.4 is 15.3 Å². The van der Waals surface area contributed by atoms with Gasteiger partial charge in [-0.3, -0.25) is 4.55 Å². The zero-order valence-corrected chi connectivity index (χ0v) is 13.2. The van der Waals surface area contributed by atoms with Gasteiger partial charge in [0.2, 0.25) is 0 Å². The summed E-state index contributed by atoms with van der Waals surface area (Å²) in [5, 5.41) is 12.0. The van der Waals surface area contributed by atoms with E-state index in [-0.39, 0.29) is 4.90 Å². The molecule has 1 aliphatic rings. The second-order valence-electron chi connectivity index (χ2n) is 4.94. The standard InChI is InChI=1S/C11H16N2O3S.C2H2F3O/c1-9-2-3-10(11(8-9)17(14,15)16)13-6-4-12-5-7-13;3-2(4,5)1-6/h2-3,8,12H,4-7H2,1H3,(H,14,15,16);1H2/q;-1. The molecule has 1 heterocycles. The first-order chi connectivity index (χ1) is 10.5. The third-order valence-electron chi connectivity index (χ3n) is 3.01. The summed E-state index contributed by atoms with van der Waals surface area (Å²) < 4.78 is 63.4. The molecule has 1 aliphatic heterocycles. The number of halogens is 3. The van der Waals surface area contributed by atoms with Crippen LogP contribution in [0.4, 0.5) is 18.9 Å². The third kappa shape index (κ3) is 6.73. The van der Waals surface area contributed by atoms with Gasteiger partial charge in [0, 0.05) is 26.2 Å². The molecule has 0 spiro atoms. The van der Waals surface area contributed by atoms with Crippen LogP contribution in [0, 0.1) is 6.92 Å². The molecule has 0 unspecified atom stereocenters. The van der Waals surface area contributed by atoms with Crippen molar-refractivity contribution < 1.29 is 31.2 Å². The molecule has 0 bridgehead atoms. The lowest BCUT2D eigenvalue weighted by Crippen LogP contribution is -2.44. The summed E-state index contributed by atoms with van der Waals surface area (Å²) in [6.07, 6.45) is -4.51. The Kier molecular flexibility index (Phi) is 6.81. The number of alkyl halides is 3. The molecule has 6 nitrogen and oxygen atoms in total. The summed E-state index contributed by atoms with van der Waals surface area (Å²) >= 11 is 0. The molecule has 0 radical (unpaired) electrons. The summed E-state index contributed by atoms with van der Waals surface area (Å²) in [6.45, 7) is 2.94. The number of aryl methyl sites for hydroxylation is 1. The van der Waals surface area contributed by atoms with Crippen LogP contribution >= 0.6 is 0 Å². The Bertz CT molecular complexity index is 614. The van der Waals surface area contributed by atoms with E-state index >= 15 is 0 Å². The number of piperazine rings is 1. The molecule has 0 aromatic heterocycles. The molecule has 2 N–H and O–H groups in total.